The Morgan fingerprint density at radius 1 is 0.870 bits per heavy atom. The molecule has 4 nitrogen and oxygen atoms in total. The average molecular weight is 304 g/mol. The minimum absolute atomic E-state index is 0.540. The van der Waals surface area contributed by atoms with Crippen molar-refractivity contribution >= 4 is 12.4 Å². The van der Waals surface area contributed by atoms with Crippen molar-refractivity contribution in [2.24, 2.45) is 10.2 Å². The standard InChI is InChI=1S/C19H16N2O2/c1-2-6-16(7-3-1)15-23-18-9-4-8-17(12-18)13-20-21-14-19-10-5-11-22-19/h1-14H,15H2/b20-13-,21-14-. The molecule has 1 heterocycles. The molecular formula is C19H16N2O2. The minimum atomic E-state index is 0.540. The van der Waals surface area contributed by atoms with Gasteiger partial charge in [-0.05, 0) is 35.4 Å². The molecule has 0 N–H and O–H groups in total. The first kappa shape index (κ1) is 14.8. The van der Waals surface area contributed by atoms with E-state index < -0.39 is 0 Å². The van der Waals surface area contributed by atoms with Crippen LogP contribution in [0.1, 0.15) is 16.9 Å². The maximum absolute atomic E-state index is 5.78. The zero-order valence-electron chi connectivity index (χ0n) is 12.5. The summed E-state index contributed by atoms with van der Waals surface area (Å²) in [7, 11) is 0. The van der Waals surface area contributed by atoms with Crippen LogP contribution >= 0.6 is 0 Å². The molecule has 1 aromatic heterocycles. The average Bonchev–Trinajstić information content (AvgIpc) is 3.12. The van der Waals surface area contributed by atoms with Crippen LogP contribution in [-0.4, -0.2) is 12.4 Å². The number of nitrogens with zero attached hydrogens (tertiary/aromatic N) is 2. The molecule has 0 atom stereocenters. The van der Waals surface area contributed by atoms with Gasteiger partial charge in [-0.25, -0.2) is 0 Å². The molecule has 0 bridgehead atoms. The second-order valence-corrected chi connectivity index (χ2v) is 4.85. The number of ether oxygens (including phenoxy) is 1. The van der Waals surface area contributed by atoms with Crippen LogP contribution in [0.25, 0.3) is 0 Å². The molecule has 0 aliphatic rings. The molecule has 23 heavy (non-hydrogen) atoms. The van der Waals surface area contributed by atoms with E-state index in [1.54, 1.807) is 24.8 Å². The Hall–Kier alpha value is -3.14. The maximum Gasteiger partial charge on any atom is 0.146 e. The fourth-order valence-electron chi connectivity index (χ4n) is 1.98. The third-order valence-electron chi connectivity index (χ3n) is 3.11. The number of hydrogen-bond acceptors (Lipinski definition) is 4. The Labute approximate surface area is 134 Å². The van der Waals surface area contributed by atoms with Gasteiger partial charge in [-0.15, -0.1) is 0 Å². The molecule has 0 unspecified atom stereocenters. The van der Waals surface area contributed by atoms with Crippen LogP contribution in [0.15, 0.2) is 87.6 Å². The smallest absolute Gasteiger partial charge is 0.146 e. The molecule has 0 saturated heterocycles. The molecule has 0 spiro atoms. The van der Waals surface area contributed by atoms with Gasteiger partial charge in [0.05, 0.1) is 18.7 Å². The molecule has 0 saturated carbocycles. The van der Waals surface area contributed by atoms with Gasteiger partial charge in [-0.2, -0.15) is 10.2 Å². The Morgan fingerprint density at radius 2 is 1.74 bits per heavy atom. The summed E-state index contributed by atoms with van der Waals surface area (Å²) in [4.78, 5) is 0. The van der Waals surface area contributed by atoms with E-state index >= 15 is 0 Å². The van der Waals surface area contributed by atoms with Crippen molar-refractivity contribution in [3.05, 3.63) is 89.9 Å². The Kier molecular flexibility index (Phi) is 4.98. The molecule has 0 aliphatic carbocycles. The van der Waals surface area contributed by atoms with Crippen molar-refractivity contribution in [2.45, 2.75) is 6.61 Å². The van der Waals surface area contributed by atoms with Crippen molar-refractivity contribution in [1.82, 2.24) is 0 Å². The SMILES string of the molecule is C(=N/N=C\c1ccco1)/c1cccc(OCc2ccccc2)c1. The lowest BCUT2D eigenvalue weighted by Crippen LogP contribution is -1.95. The fourth-order valence-corrected chi connectivity index (χ4v) is 1.98. The molecule has 114 valence electrons. The van der Waals surface area contributed by atoms with E-state index in [0.717, 1.165) is 16.9 Å². The van der Waals surface area contributed by atoms with Gasteiger partial charge in [-0.1, -0.05) is 42.5 Å². The Morgan fingerprint density at radius 3 is 2.57 bits per heavy atom. The number of benzene rings is 2. The minimum Gasteiger partial charge on any atom is -0.489 e. The number of hydrogen-bond donors (Lipinski definition) is 0. The van der Waals surface area contributed by atoms with Gasteiger partial charge in [0.1, 0.15) is 18.1 Å². The van der Waals surface area contributed by atoms with Gasteiger partial charge in [0.2, 0.25) is 0 Å². The molecule has 4 heteroatoms. The first-order valence-electron chi connectivity index (χ1n) is 7.27. The lowest BCUT2D eigenvalue weighted by atomic mass is 10.2. The van der Waals surface area contributed by atoms with E-state index in [1.807, 2.05) is 60.7 Å². The summed E-state index contributed by atoms with van der Waals surface area (Å²) >= 11 is 0. The predicted molar refractivity (Wildman–Crippen MR) is 91.1 cm³/mol. The second kappa shape index (κ2) is 7.75. The summed E-state index contributed by atoms with van der Waals surface area (Å²) in [5, 5.41) is 7.95. The largest absolute Gasteiger partial charge is 0.489 e. The van der Waals surface area contributed by atoms with Gasteiger partial charge < -0.3 is 9.15 Å². The molecular weight excluding hydrogens is 288 g/mol. The molecule has 0 fully saturated rings. The van der Waals surface area contributed by atoms with E-state index in [4.69, 9.17) is 9.15 Å². The molecule has 0 radical (unpaired) electrons. The highest BCUT2D eigenvalue weighted by molar-refractivity contribution is 5.81. The van der Waals surface area contributed by atoms with Crippen LogP contribution in [0.3, 0.4) is 0 Å². The van der Waals surface area contributed by atoms with E-state index in [2.05, 4.69) is 10.2 Å². The van der Waals surface area contributed by atoms with Crippen LogP contribution in [0.2, 0.25) is 0 Å². The van der Waals surface area contributed by atoms with Crippen molar-refractivity contribution < 1.29 is 9.15 Å². The Balaban J connectivity index is 1.58. The number of furan rings is 1. The lowest BCUT2D eigenvalue weighted by Gasteiger charge is -2.06. The van der Waals surface area contributed by atoms with Crippen molar-refractivity contribution in [2.75, 3.05) is 0 Å². The van der Waals surface area contributed by atoms with Crippen LogP contribution in [0, 0.1) is 0 Å². The fraction of sp³-hybridized carbons (Fsp3) is 0.0526. The van der Waals surface area contributed by atoms with E-state index in [9.17, 15) is 0 Å². The molecule has 2 aromatic carbocycles. The van der Waals surface area contributed by atoms with Gasteiger partial charge in [0.15, 0.2) is 0 Å². The quantitative estimate of drug-likeness (QED) is 0.503. The van der Waals surface area contributed by atoms with Gasteiger partial charge >= 0.3 is 0 Å². The van der Waals surface area contributed by atoms with Crippen molar-refractivity contribution in [3.63, 3.8) is 0 Å². The topological polar surface area (TPSA) is 47.1 Å². The monoisotopic (exact) mass is 304 g/mol. The maximum atomic E-state index is 5.78. The first-order valence-corrected chi connectivity index (χ1v) is 7.27. The van der Waals surface area contributed by atoms with E-state index in [1.165, 1.54) is 0 Å². The first-order chi connectivity index (χ1) is 11.4. The highest BCUT2D eigenvalue weighted by atomic mass is 16.5. The van der Waals surface area contributed by atoms with Gasteiger partial charge in [0, 0.05) is 0 Å². The van der Waals surface area contributed by atoms with Crippen molar-refractivity contribution in [3.8, 4) is 5.75 Å². The summed E-state index contributed by atoms with van der Waals surface area (Å²) in [6.07, 6.45) is 4.83. The number of rotatable bonds is 6. The van der Waals surface area contributed by atoms with Crippen LogP contribution in [0.5, 0.6) is 5.75 Å². The van der Waals surface area contributed by atoms with Gasteiger partial charge in [-0.3, -0.25) is 0 Å². The predicted octanol–water partition coefficient (Wildman–Crippen LogP) is 4.31. The highest BCUT2D eigenvalue weighted by Gasteiger charge is 1.96. The normalized spacial score (nSPS) is 11.3. The molecule has 0 aliphatic heterocycles. The summed E-state index contributed by atoms with van der Waals surface area (Å²) in [6.45, 7) is 0.540. The van der Waals surface area contributed by atoms with Gasteiger partial charge in [0.25, 0.3) is 0 Å². The summed E-state index contributed by atoms with van der Waals surface area (Å²) in [6, 6.07) is 21.4. The van der Waals surface area contributed by atoms with Crippen LogP contribution in [-0.2, 0) is 6.61 Å². The molecule has 0 amide bonds. The highest BCUT2D eigenvalue weighted by Crippen LogP contribution is 2.14. The summed E-state index contributed by atoms with van der Waals surface area (Å²) in [5.41, 5.74) is 2.06. The summed E-state index contributed by atoms with van der Waals surface area (Å²) < 4.78 is 10.9. The summed E-state index contributed by atoms with van der Waals surface area (Å²) in [5.74, 6) is 1.47. The zero-order valence-corrected chi connectivity index (χ0v) is 12.5. The second-order valence-electron chi connectivity index (χ2n) is 4.85. The van der Waals surface area contributed by atoms with Crippen molar-refractivity contribution in [1.29, 1.82) is 0 Å². The zero-order chi connectivity index (χ0) is 15.7. The Bertz CT molecular complexity index is 778. The van der Waals surface area contributed by atoms with E-state index in [0.29, 0.717) is 12.4 Å². The molecule has 3 rings (SSSR count). The lowest BCUT2D eigenvalue weighted by molar-refractivity contribution is 0.306. The van der Waals surface area contributed by atoms with Crippen LogP contribution in [0.4, 0.5) is 0 Å². The third kappa shape index (κ3) is 4.68. The third-order valence-corrected chi connectivity index (χ3v) is 3.11. The molecule has 3 aromatic rings. The van der Waals surface area contributed by atoms with E-state index in [-0.39, 0.29) is 0 Å². The van der Waals surface area contributed by atoms with Crippen LogP contribution < -0.4 is 4.74 Å².